The molecule has 2 rings (SSSR count). The fraction of sp³-hybridized carbons (Fsp3) is 0.571. The van der Waals surface area contributed by atoms with Gasteiger partial charge in [0.05, 0.1) is 6.10 Å². The number of ether oxygens (including phenoxy) is 1. The molecule has 4 heteroatoms. The van der Waals surface area contributed by atoms with Gasteiger partial charge < -0.3 is 9.63 Å². The Kier molecular flexibility index (Phi) is 4.60. The maximum Gasteiger partial charge on any atom is 0.260 e. The first-order valence-corrected chi connectivity index (χ1v) is 8.42. The second-order valence-electron chi connectivity index (χ2n) is 4.87. The van der Waals surface area contributed by atoms with Crippen molar-refractivity contribution in [2.45, 2.75) is 51.0 Å². The van der Waals surface area contributed by atoms with Crippen molar-refractivity contribution >= 4 is 12.7 Å². The predicted molar refractivity (Wildman–Crippen MR) is 73.3 cm³/mol. The van der Waals surface area contributed by atoms with Crippen molar-refractivity contribution < 1.29 is 14.2 Å². The lowest BCUT2D eigenvalue weighted by atomic mass is 10.1. The van der Waals surface area contributed by atoms with Gasteiger partial charge >= 0.3 is 0 Å². The van der Waals surface area contributed by atoms with E-state index in [1.54, 1.807) is 24.3 Å². The Labute approximate surface area is 109 Å². The number of unbranched alkanes of at least 4 members (excludes halogenated alkanes) is 3. The van der Waals surface area contributed by atoms with Crippen LogP contribution in [0.5, 0.6) is 0 Å². The van der Waals surface area contributed by atoms with Gasteiger partial charge in [0.25, 0.3) is 7.37 Å². The van der Waals surface area contributed by atoms with Crippen LogP contribution in [0.3, 0.4) is 0 Å². The normalized spacial score (nSPS) is 25.7. The molecule has 1 aromatic rings. The summed E-state index contributed by atoms with van der Waals surface area (Å²) in [5.41, 5.74) is 0. The van der Waals surface area contributed by atoms with E-state index in [0.717, 1.165) is 12.8 Å². The molecule has 0 amide bonds. The Morgan fingerprint density at radius 2 is 1.94 bits per heavy atom. The zero-order valence-corrected chi connectivity index (χ0v) is 11.7. The van der Waals surface area contributed by atoms with Gasteiger partial charge in [-0.25, -0.2) is 0 Å². The third-order valence-corrected chi connectivity index (χ3v) is 5.55. The highest BCUT2D eigenvalue weighted by atomic mass is 31.2. The molecule has 1 aliphatic heterocycles. The fourth-order valence-electron chi connectivity index (χ4n) is 2.21. The van der Waals surface area contributed by atoms with Crippen LogP contribution in [0.15, 0.2) is 30.3 Å². The largest absolute Gasteiger partial charge is 0.358 e. The molecule has 100 valence electrons. The SMILES string of the molecule is CCCCCCC1OC1P(=O)(O)c1ccccc1. The summed E-state index contributed by atoms with van der Waals surface area (Å²) in [5, 5.41) is 0.506. The van der Waals surface area contributed by atoms with Gasteiger partial charge in [-0.15, -0.1) is 0 Å². The smallest absolute Gasteiger partial charge is 0.260 e. The molecule has 1 aliphatic rings. The van der Waals surface area contributed by atoms with E-state index in [4.69, 9.17) is 4.74 Å². The molecule has 1 N–H and O–H groups in total. The second kappa shape index (κ2) is 6.01. The molecule has 3 unspecified atom stereocenters. The molecule has 18 heavy (non-hydrogen) atoms. The van der Waals surface area contributed by atoms with Crippen molar-refractivity contribution in [1.82, 2.24) is 0 Å². The Hall–Kier alpha value is -0.630. The minimum Gasteiger partial charge on any atom is -0.358 e. The van der Waals surface area contributed by atoms with Gasteiger partial charge in [0.2, 0.25) is 0 Å². The van der Waals surface area contributed by atoms with E-state index in [9.17, 15) is 9.46 Å². The van der Waals surface area contributed by atoms with Crippen molar-refractivity contribution in [3.63, 3.8) is 0 Å². The van der Waals surface area contributed by atoms with Crippen molar-refractivity contribution in [1.29, 1.82) is 0 Å². The van der Waals surface area contributed by atoms with Crippen LogP contribution in [0.25, 0.3) is 0 Å². The lowest BCUT2D eigenvalue weighted by Crippen LogP contribution is -2.09. The van der Waals surface area contributed by atoms with Crippen molar-refractivity contribution in [3.05, 3.63) is 30.3 Å². The van der Waals surface area contributed by atoms with Crippen LogP contribution in [-0.4, -0.2) is 16.8 Å². The number of hydrogen-bond donors (Lipinski definition) is 1. The molecule has 0 bridgehead atoms. The highest BCUT2D eigenvalue weighted by Gasteiger charge is 2.51. The van der Waals surface area contributed by atoms with E-state index in [1.165, 1.54) is 19.3 Å². The van der Waals surface area contributed by atoms with Gasteiger partial charge in [-0.05, 0) is 18.6 Å². The molecule has 3 nitrogen and oxygen atoms in total. The molecule has 1 saturated heterocycles. The topological polar surface area (TPSA) is 49.8 Å². The molecular weight excluding hydrogens is 247 g/mol. The third-order valence-electron chi connectivity index (χ3n) is 3.37. The van der Waals surface area contributed by atoms with E-state index in [-0.39, 0.29) is 6.10 Å². The van der Waals surface area contributed by atoms with E-state index >= 15 is 0 Å². The number of rotatable bonds is 7. The van der Waals surface area contributed by atoms with Crippen molar-refractivity contribution in [2.24, 2.45) is 0 Å². The minimum absolute atomic E-state index is 0.0158. The van der Waals surface area contributed by atoms with Crippen LogP contribution in [-0.2, 0) is 9.30 Å². The summed E-state index contributed by atoms with van der Waals surface area (Å²) in [6.07, 6.45) is 5.60. The summed E-state index contributed by atoms with van der Waals surface area (Å²) >= 11 is 0. The Morgan fingerprint density at radius 3 is 2.61 bits per heavy atom. The molecule has 0 radical (unpaired) electrons. The first-order chi connectivity index (χ1) is 8.66. The van der Waals surface area contributed by atoms with Crippen molar-refractivity contribution in [2.75, 3.05) is 0 Å². The minimum atomic E-state index is -3.34. The van der Waals surface area contributed by atoms with Gasteiger partial charge in [0, 0.05) is 5.30 Å². The Morgan fingerprint density at radius 1 is 1.22 bits per heavy atom. The highest BCUT2D eigenvalue weighted by Crippen LogP contribution is 2.56. The molecular formula is C14H21O3P. The van der Waals surface area contributed by atoms with Crippen LogP contribution >= 0.6 is 7.37 Å². The molecule has 0 saturated carbocycles. The molecule has 1 heterocycles. The molecule has 0 aliphatic carbocycles. The zero-order chi connectivity index (χ0) is 13.0. The number of hydrogen-bond acceptors (Lipinski definition) is 2. The molecule has 0 spiro atoms. The first-order valence-electron chi connectivity index (χ1n) is 6.70. The van der Waals surface area contributed by atoms with Crippen LogP contribution in [0.4, 0.5) is 0 Å². The lowest BCUT2D eigenvalue weighted by Gasteiger charge is -2.08. The van der Waals surface area contributed by atoms with E-state index < -0.39 is 13.2 Å². The number of epoxide rings is 1. The van der Waals surface area contributed by atoms with E-state index in [0.29, 0.717) is 5.30 Å². The summed E-state index contributed by atoms with van der Waals surface area (Å²) in [6, 6.07) is 8.83. The average Bonchev–Trinajstić information content (AvgIpc) is 3.16. The predicted octanol–water partition coefficient (Wildman–Crippen LogP) is 3.28. The van der Waals surface area contributed by atoms with Gasteiger partial charge in [0.1, 0.15) is 0 Å². The summed E-state index contributed by atoms with van der Waals surface area (Å²) in [5.74, 6) is -0.471. The van der Waals surface area contributed by atoms with Crippen molar-refractivity contribution in [3.8, 4) is 0 Å². The fourth-order valence-corrected chi connectivity index (χ4v) is 4.03. The Balaban J connectivity index is 1.85. The van der Waals surface area contributed by atoms with E-state index in [1.807, 2.05) is 6.07 Å². The van der Waals surface area contributed by atoms with Gasteiger partial charge in [-0.2, -0.15) is 0 Å². The van der Waals surface area contributed by atoms with E-state index in [2.05, 4.69) is 6.92 Å². The number of benzene rings is 1. The molecule has 3 atom stereocenters. The van der Waals surface area contributed by atoms with Crippen LogP contribution in [0.2, 0.25) is 0 Å². The monoisotopic (exact) mass is 268 g/mol. The maximum atomic E-state index is 12.3. The van der Waals surface area contributed by atoms with Crippen LogP contribution in [0.1, 0.15) is 39.0 Å². The summed E-state index contributed by atoms with van der Waals surface area (Å²) in [6.45, 7) is 2.17. The second-order valence-corrected chi connectivity index (χ2v) is 7.14. The first kappa shape index (κ1) is 13.8. The quantitative estimate of drug-likeness (QED) is 0.469. The van der Waals surface area contributed by atoms with Crippen LogP contribution in [0, 0.1) is 0 Å². The maximum absolute atomic E-state index is 12.3. The molecule has 1 fully saturated rings. The summed E-state index contributed by atoms with van der Waals surface area (Å²) < 4.78 is 17.7. The third kappa shape index (κ3) is 3.23. The zero-order valence-electron chi connectivity index (χ0n) is 10.8. The lowest BCUT2D eigenvalue weighted by molar-refractivity contribution is 0.368. The summed E-state index contributed by atoms with van der Waals surface area (Å²) in [7, 11) is -3.34. The average molecular weight is 268 g/mol. The highest BCUT2D eigenvalue weighted by molar-refractivity contribution is 7.66. The van der Waals surface area contributed by atoms with Crippen LogP contribution < -0.4 is 5.30 Å². The standard InChI is InChI=1S/C14H21O3P/c1-2-3-4-8-11-13-14(17-13)18(15,16)12-9-6-5-7-10-12/h5-7,9-10,13-14H,2-4,8,11H2,1H3,(H,15,16). The van der Waals surface area contributed by atoms with Gasteiger partial charge in [-0.3, -0.25) is 4.57 Å². The molecule has 0 aromatic heterocycles. The van der Waals surface area contributed by atoms with Gasteiger partial charge in [-0.1, -0.05) is 50.8 Å². The molecule has 1 aromatic carbocycles. The Bertz CT molecular complexity index is 418. The van der Waals surface area contributed by atoms with Gasteiger partial charge in [0.15, 0.2) is 5.85 Å². The summed E-state index contributed by atoms with van der Waals surface area (Å²) in [4.78, 5) is 10.1.